The molecule has 6 nitrogen and oxygen atoms in total. The standard InChI is InChI=1S/C16H17N3O3/c1-3-11(13-8-7-9(2)22-13)17-16-18-12-6-4-5-10(15(20)21)14(12)19-16/h4-8,11H,3H2,1-2H3,(H,20,21)(H2,17,18,19). The van der Waals surface area contributed by atoms with E-state index >= 15 is 0 Å². The average molecular weight is 299 g/mol. The lowest BCUT2D eigenvalue weighted by Crippen LogP contribution is -2.09. The van der Waals surface area contributed by atoms with Gasteiger partial charge >= 0.3 is 5.97 Å². The second-order valence-corrected chi connectivity index (χ2v) is 5.15. The number of aryl methyl sites for hydroxylation is 1. The maximum Gasteiger partial charge on any atom is 0.337 e. The molecule has 0 fully saturated rings. The predicted molar refractivity (Wildman–Crippen MR) is 83.2 cm³/mol. The molecule has 0 aliphatic heterocycles. The lowest BCUT2D eigenvalue weighted by Gasteiger charge is -2.13. The minimum Gasteiger partial charge on any atom is -0.478 e. The number of furan rings is 1. The van der Waals surface area contributed by atoms with Gasteiger partial charge in [0.2, 0.25) is 5.95 Å². The number of aromatic carboxylic acids is 1. The number of nitrogens with one attached hydrogen (secondary N) is 2. The summed E-state index contributed by atoms with van der Waals surface area (Å²) in [5.41, 5.74) is 1.32. The average Bonchev–Trinajstić information content (AvgIpc) is 3.09. The summed E-state index contributed by atoms with van der Waals surface area (Å²) in [6.45, 7) is 3.94. The first-order valence-electron chi connectivity index (χ1n) is 7.13. The highest BCUT2D eigenvalue weighted by atomic mass is 16.4. The second kappa shape index (κ2) is 5.55. The second-order valence-electron chi connectivity index (χ2n) is 5.15. The van der Waals surface area contributed by atoms with Gasteiger partial charge in [-0.1, -0.05) is 13.0 Å². The number of benzene rings is 1. The highest BCUT2D eigenvalue weighted by molar-refractivity contribution is 6.01. The zero-order chi connectivity index (χ0) is 15.7. The molecule has 0 amide bonds. The Morgan fingerprint density at radius 1 is 1.41 bits per heavy atom. The van der Waals surface area contributed by atoms with Crippen LogP contribution in [-0.4, -0.2) is 21.0 Å². The first-order chi connectivity index (χ1) is 10.6. The Morgan fingerprint density at radius 3 is 2.86 bits per heavy atom. The van der Waals surface area contributed by atoms with E-state index in [0.717, 1.165) is 17.9 Å². The van der Waals surface area contributed by atoms with Crippen molar-refractivity contribution in [3.05, 3.63) is 47.4 Å². The van der Waals surface area contributed by atoms with Crippen molar-refractivity contribution < 1.29 is 14.3 Å². The van der Waals surface area contributed by atoms with Crippen molar-refractivity contribution in [3.63, 3.8) is 0 Å². The number of carboxylic acid groups (broad SMARTS) is 1. The fourth-order valence-corrected chi connectivity index (χ4v) is 2.45. The van der Waals surface area contributed by atoms with Crippen LogP contribution in [0.4, 0.5) is 5.95 Å². The number of carboxylic acids is 1. The van der Waals surface area contributed by atoms with Gasteiger partial charge in [0.15, 0.2) is 0 Å². The molecule has 2 aromatic heterocycles. The SMILES string of the molecule is CCC(Nc1nc2c(C(=O)O)cccc2[nH]1)c1ccc(C)o1. The maximum absolute atomic E-state index is 11.2. The molecule has 0 bridgehead atoms. The van der Waals surface area contributed by atoms with Crippen molar-refractivity contribution in [2.75, 3.05) is 5.32 Å². The van der Waals surface area contributed by atoms with E-state index in [9.17, 15) is 9.90 Å². The Hall–Kier alpha value is -2.76. The monoisotopic (exact) mass is 299 g/mol. The van der Waals surface area contributed by atoms with Crippen LogP contribution in [0.3, 0.4) is 0 Å². The first-order valence-corrected chi connectivity index (χ1v) is 7.13. The minimum atomic E-state index is -0.989. The summed E-state index contributed by atoms with van der Waals surface area (Å²) in [5, 5.41) is 12.5. The van der Waals surface area contributed by atoms with E-state index in [1.54, 1.807) is 18.2 Å². The summed E-state index contributed by atoms with van der Waals surface area (Å²) in [4.78, 5) is 18.7. The number of fused-ring (bicyclic) bond motifs is 1. The molecule has 3 rings (SSSR count). The van der Waals surface area contributed by atoms with Crippen LogP contribution in [0, 0.1) is 6.92 Å². The van der Waals surface area contributed by atoms with Gasteiger partial charge < -0.3 is 19.8 Å². The van der Waals surface area contributed by atoms with E-state index in [1.165, 1.54) is 0 Å². The Morgan fingerprint density at radius 2 is 2.23 bits per heavy atom. The van der Waals surface area contributed by atoms with Gasteiger partial charge in [-0.25, -0.2) is 9.78 Å². The lowest BCUT2D eigenvalue weighted by atomic mass is 10.2. The van der Waals surface area contributed by atoms with Crippen LogP contribution in [0.2, 0.25) is 0 Å². The highest BCUT2D eigenvalue weighted by Gasteiger charge is 2.17. The number of rotatable bonds is 5. The predicted octanol–water partition coefficient (Wildman–Crippen LogP) is 3.73. The molecule has 22 heavy (non-hydrogen) atoms. The molecule has 0 saturated carbocycles. The Kier molecular flexibility index (Phi) is 3.58. The van der Waals surface area contributed by atoms with Gasteiger partial charge in [-0.15, -0.1) is 0 Å². The van der Waals surface area contributed by atoms with Crippen molar-refractivity contribution in [2.24, 2.45) is 0 Å². The topological polar surface area (TPSA) is 91.1 Å². The number of imidazole rings is 1. The van der Waals surface area contributed by atoms with Gasteiger partial charge in [0, 0.05) is 0 Å². The van der Waals surface area contributed by atoms with Crippen LogP contribution < -0.4 is 5.32 Å². The summed E-state index contributed by atoms with van der Waals surface area (Å²) in [6.07, 6.45) is 0.815. The van der Waals surface area contributed by atoms with Crippen molar-refractivity contribution >= 4 is 23.0 Å². The normalized spacial score (nSPS) is 12.5. The molecular weight excluding hydrogens is 282 g/mol. The number of carbonyl (C=O) groups is 1. The van der Waals surface area contributed by atoms with Crippen LogP contribution in [0.15, 0.2) is 34.7 Å². The Balaban J connectivity index is 1.93. The quantitative estimate of drug-likeness (QED) is 0.667. The third-order valence-electron chi connectivity index (χ3n) is 3.57. The smallest absolute Gasteiger partial charge is 0.337 e. The molecule has 2 heterocycles. The van der Waals surface area contributed by atoms with Gasteiger partial charge in [-0.05, 0) is 37.6 Å². The molecule has 0 spiro atoms. The van der Waals surface area contributed by atoms with E-state index in [-0.39, 0.29) is 11.6 Å². The third kappa shape index (κ3) is 2.55. The van der Waals surface area contributed by atoms with Gasteiger partial charge in [-0.2, -0.15) is 0 Å². The molecule has 0 aliphatic rings. The number of aromatic nitrogens is 2. The number of hydrogen-bond acceptors (Lipinski definition) is 4. The molecule has 3 N–H and O–H groups in total. The van der Waals surface area contributed by atoms with E-state index in [1.807, 2.05) is 26.0 Å². The molecule has 0 aliphatic carbocycles. The Bertz CT molecular complexity index is 819. The largest absolute Gasteiger partial charge is 0.478 e. The molecule has 0 radical (unpaired) electrons. The Labute approximate surface area is 127 Å². The zero-order valence-corrected chi connectivity index (χ0v) is 12.4. The van der Waals surface area contributed by atoms with Crippen LogP contribution in [0.5, 0.6) is 0 Å². The molecular formula is C16H17N3O3. The number of aromatic amines is 1. The summed E-state index contributed by atoms with van der Waals surface area (Å²) >= 11 is 0. The first kappa shape index (κ1) is 14.2. The van der Waals surface area contributed by atoms with Crippen LogP contribution in [0.1, 0.15) is 41.3 Å². The van der Waals surface area contributed by atoms with Crippen LogP contribution in [0.25, 0.3) is 11.0 Å². The fraction of sp³-hybridized carbons (Fsp3) is 0.250. The summed E-state index contributed by atoms with van der Waals surface area (Å²) in [6, 6.07) is 8.87. The highest BCUT2D eigenvalue weighted by Crippen LogP contribution is 2.25. The summed E-state index contributed by atoms with van der Waals surface area (Å²) in [7, 11) is 0. The van der Waals surface area contributed by atoms with E-state index in [2.05, 4.69) is 15.3 Å². The number of H-pyrrole nitrogens is 1. The zero-order valence-electron chi connectivity index (χ0n) is 12.4. The van der Waals surface area contributed by atoms with Gasteiger partial charge in [0.05, 0.1) is 17.1 Å². The number of hydrogen-bond donors (Lipinski definition) is 3. The number of anilines is 1. The number of nitrogens with zero attached hydrogens (tertiary/aromatic N) is 1. The molecule has 1 aromatic carbocycles. The van der Waals surface area contributed by atoms with Crippen molar-refractivity contribution in [1.29, 1.82) is 0 Å². The minimum absolute atomic E-state index is 0.0254. The van der Waals surface area contributed by atoms with E-state index in [4.69, 9.17) is 4.42 Å². The van der Waals surface area contributed by atoms with Crippen LogP contribution >= 0.6 is 0 Å². The third-order valence-corrected chi connectivity index (χ3v) is 3.57. The fourth-order valence-electron chi connectivity index (χ4n) is 2.45. The lowest BCUT2D eigenvalue weighted by molar-refractivity contribution is 0.0699. The van der Waals surface area contributed by atoms with Gasteiger partial charge in [0.1, 0.15) is 17.0 Å². The molecule has 1 unspecified atom stereocenters. The maximum atomic E-state index is 11.2. The van der Waals surface area contributed by atoms with Gasteiger partial charge in [-0.3, -0.25) is 0 Å². The van der Waals surface area contributed by atoms with Gasteiger partial charge in [0.25, 0.3) is 0 Å². The molecule has 114 valence electrons. The molecule has 6 heteroatoms. The van der Waals surface area contributed by atoms with E-state index in [0.29, 0.717) is 17.0 Å². The van der Waals surface area contributed by atoms with Crippen molar-refractivity contribution in [3.8, 4) is 0 Å². The van der Waals surface area contributed by atoms with Crippen molar-refractivity contribution in [2.45, 2.75) is 26.3 Å². The molecule has 0 saturated heterocycles. The summed E-state index contributed by atoms with van der Waals surface area (Å²) in [5.74, 6) is 1.23. The van der Waals surface area contributed by atoms with Crippen LogP contribution in [-0.2, 0) is 0 Å². The van der Waals surface area contributed by atoms with Crippen molar-refractivity contribution in [1.82, 2.24) is 9.97 Å². The summed E-state index contributed by atoms with van der Waals surface area (Å²) < 4.78 is 5.65. The molecule has 3 aromatic rings. The number of para-hydroxylation sites is 1. The van der Waals surface area contributed by atoms with E-state index < -0.39 is 5.97 Å². The molecule has 1 atom stereocenters.